The summed E-state index contributed by atoms with van der Waals surface area (Å²) in [6, 6.07) is 11.2. The summed E-state index contributed by atoms with van der Waals surface area (Å²) in [5.41, 5.74) is 1.88. The molecule has 0 aromatic heterocycles. The second-order valence-corrected chi connectivity index (χ2v) is 6.27. The van der Waals surface area contributed by atoms with E-state index in [1.165, 1.54) is 5.56 Å². The fourth-order valence-corrected chi connectivity index (χ4v) is 2.96. The molecule has 0 unspecified atom stereocenters. The van der Waals surface area contributed by atoms with Crippen molar-refractivity contribution in [2.75, 3.05) is 18.7 Å². The van der Waals surface area contributed by atoms with Crippen LogP contribution in [0.3, 0.4) is 0 Å². The minimum Gasteiger partial charge on any atom is -0.483 e. The van der Waals surface area contributed by atoms with Crippen LogP contribution in [0, 0.1) is 0 Å². The number of carbonyl (C=O) groups excluding carboxylic acids is 1. The number of hydrogen-bond acceptors (Lipinski definition) is 4. The third-order valence-corrected chi connectivity index (χ3v) is 4.17. The molecule has 0 atom stereocenters. The highest BCUT2D eigenvalue weighted by Crippen LogP contribution is 2.34. The van der Waals surface area contributed by atoms with Crippen LogP contribution in [0.15, 0.2) is 40.9 Å². The van der Waals surface area contributed by atoms with Gasteiger partial charge in [0.25, 0.3) is 5.91 Å². The summed E-state index contributed by atoms with van der Waals surface area (Å²) in [6.45, 7) is 2.27. The zero-order valence-electron chi connectivity index (χ0n) is 13.3. The first kappa shape index (κ1) is 16.6. The molecular weight excluding hydrogens is 374 g/mol. The van der Waals surface area contributed by atoms with Crippen molar-refractivity contribution in [3.63, 3.8) is 0 Å². The third kappa shape index (κ3) is 4.00. The van der Waals surface area contributed by atoms with E-state index in [9.17, 15) is 4.79 Å². The SMILES string of the molecule is CCCc1ccc(OCC(=O)Nc2ccc3c(c2)OCO3)c(Br)c1. The standard InChI is InChI=1S/C18H18BrNO4/c1-2-3-12-4-6-15(14(19)8-12)22-10-18(21)20-13-5-7-16-17(9-13)24-11-23-16/h4-9H,2-3,10-11H2,1H3,(H,20,21). The lowest BCUT2D eigenvalue weighted by atomic mass is 10.1. The number of halogens is 1. The van der Waals surface area contributed by atoms with E-state index in [0.29, 0.717) is 22.9 Å². The molecule has 1 aliphatic heterocycles. The number of hydrogen-bond donors (Lipinski definition) is 1. The normalized spacial score (nSPS) is 12.1. The van der Waals surface area contributed by atoms with Crippen molar-refractivity contribution < 1.29 is 19.0 Å². The number of anilines is 1. The number of nitrogens with one attached hydrogen (secondary N) is 1. The van der Waals surface area contributed by atoms with E-state index >= 15 is 0 Å². The maximum atomic E-state index is 12.0. The van der Waals surface area contributed by atoms with Crippen molar-refractivity contribution in [2.45, 2.75) is 19.8 Å². The van der Waals surface area contributed by atoms with Gasteiger partial charge in [0.05, 0.1) is 4.47 Å². The highest BCUT2D eigenvalue weighted by molar-refractivity contribution is 9.10. The van der Waals surface area contributed by atoms with Gasteiger partial charge < -0.3 is 19.5 Å². The van der Waals surface area contributed by atoms with Crippen LogP contribution in [-0.4, -0.2) is 19.3 Å². The van der Waals surface area contributed by atoms with Crippen molar-refractivity contribution in [3.8, 4) is 17.2 Å². The highest BCUT2D eigenvalue weighted by Gasteiger charge is 2.14. The van der Waals surface area contributed by atoms with E-state index in [0.717, 1.165) is 17.3 Å². The largest absolute Gasteiger partial charge is 0.483 e. The van der Waals surface area contributed by atoms with Gasteiger partial charge >= 0.3 is 0 Å². The maximum Gasteiger partial charge on any atom is 0.262 e. The van der Waals surface area contributed by atoms with Gasteiger partial charge in [0.2, 0.25) is 6.79 Å². The number of benzene rings is 2. The minimum atomic E-state index is -0.238. The topological polar surface area (TPSA) is 56.8 Å². The van der Waals surface area contributed by atoms with Crippen molar-refractivity contribution in [3.05, 3.63) is 46.4 Å². The smallest absolute Gasteiger partial charge is 0.262 e. The molecule has 0 aliphatic carbocycles. The van der Waals surface area contributed by atoms with Gasteiger partial charge in [-0.1, -0.05) is 19.4 Å². The summed E-state index contributed by atoms with van der Waals surface area (Å²) in [7, 11) is 0. The fourth-order valence-electron chi connectivity index (χ4n) is 2.42. The summed E-state index contributed by atoms with van der Waals surface area (Å²) in [5, 5.41) is 2.78. The monoisotopic (exact) mass is 391 g/mol. The third-order valence-electron chi connectivity index (χ3n) is 3.55. The Morgan fingerprint density at radius 1 is 1.21 bits per heavy atom. The molecule has 2 aromatic carbocycles. The molecule has 6 heteroatoms. The van der Waals surface area contributed by atoms with E-state index in [1.54, 1.807) is 18.2 Å². The molecular formula is C18H18BrNO4. The molecule has 0 spiro atoms. The molecule has 1 amide bonds. The Bertz CT molecular complexity index is 748. The molecule has 0 fully saturated rings. The fraction of sp³-hybridized carbons (Fsp3) is 0.278. The predicted octanol–water partition coefficient (Wildman–Crippen LogP) is 4.15. The van der Waals surface area contributed by atoms with Gasteiger partial charge in [-0.25, -0.2) is 0 Å². The molecule has 0 saturated carbocycles. The van der Waals surface area contributed by atoms with Gasteiger partial charge in [-0.2, -0.15) is 0 Å². The number of carbonyl (C=O) groups is 1. The molecule has 1 aliphatic rings. The lowest BCUT2D eigenvalue weighted by molar-refractivity contribution is -0.118. The Labute approximate surface area is 149 Å². The van der Waals surface area contributed by atoms with Gasteiger partial charge in [-0.3, -0.25) is 4.79 Å². The van der Waals surface area contributed by atoms with Crippen LogP contribution in [-0.2, 0) is 11.2 Å². The van der Waals surface area contributed by atoms with Crippen molar-refractivity contribution in [2.24, 2.45) is 0 Å². The maximum absolute atomic E-state index is 12.0. The number of rotatable bonds is 6. The molecule has 0 saturated heterocycles. The Morgan fingerprint density at radius 3 is 2.83 bits per heavy atom. The van der Waals surface area contributed by atoms with Crippen LogP contribution >= 0.6 is 15.9 Å². The number of aryl methyl sites for hydroxylation is 1. The average Bonchev–Trinajstić information content (AvgIpc) is 3.02. The molecule has 0 radical (unpaired) electrons. The first-order chi connectivity index (χ1) is 11.7. The lowest BCUT2D eigenvalue weighted by Crippen LogP contribution is -2.20. The Kier molecular flexibility index (Phi) is 5.25. The molecule has 5 nitrogen and oxygen atoms in total. The van der Waals surface area contributed by atoms with Crippen LogP contribution in [0.2, 0.25) is 0 Å². The van der Waals surface area contributed by atoms with Crippen LogP contribution < -0.4 is 19.5 Å². The van der Waals surface area contributed by atoms with E-state index in [4.69, 9.17) is 14.2 Å². The summed E-state index contributed by atoms with van der Waals surface area (Å²) in [6.07, 6.45) is 2.11. The van der Waals surface area contributed by atoms with Crippen LogP contribution in [0.4, 0.5) is 5.69 Å². The van der Waals surface area contributed by atoms with Crippen LogP contribution in [0.25, 0.3) is 0 Å². The predicted molar refractivity (Wildman–Crippen MR) is 94.8 cm³/mol. The zero-order chi connectivity index (χ0) is 16.9. The van der Waals surface area contributed by atoms with Crippen LogP contribution in [0.5, 0.6) is 17.2 Å². The Morgan fingerprint density at radius 2 is 2.04 bits per heavy atom. The quantitative estimate of drug-likeness (QED) is 0.803. The number of fused-ring (bicyclic) bond motifs is 1. The zero-order valence-corrected chi connectivity index (χ0v) is 14.9. The molecule has 0 bridgehead atoms. The molecule has 1 N–H and O–H groups in total. The number of amides is 1. The van der Waals surface area contributed by atoms with Crippen molar-refractivity contribution in [1.29, 1.82) is 0 Å². The van der Waals surface area contributed by atoms with Gasteiger partial charge in [-0.15, -0.1) is 0 Å². The minimum absolute atomic E-state index is 0.0693. The van der Waals surface area contributed by atoms with Gasteiger partial charge in [0.1, 0.15) is 5.75 Å². The van der Waals surface area contributed by atoms with E-state index in [1.807, 2.05) is 18.2 Å². The van der Waals surface area contributed by atoms with E-state index in [-0.39, 0.29) is 19.3 Å². The second kappa shape index (κ2) is 7.57. The molecule has 2 aromatic rings. The van der Waals surface area contributed by atoms with E-state index < -0.39 is 0 Å². The van der Waals surface area contributed by atoms with Crippen molar-refractivity contribution in [1.82, 2.24) is 0 Å². The van der Waals surface area contributed by atoms with E-state index in [2.05, 4.69) is 28.2 Å². The molecule has 1 heterocycles. The molecule has 3 rings (SSSR count). The Hall–Kier alpha value is -2.21. The van der Waals surface area contributed by atoms with Gasteiger partial charge in [0, 0.05) is 11.8 Å². The first-order valence-corrected chi connectivity index (χ1v) is 8.55. The first-order valence-electron chi connectivity index (χ1n) is 7.76. The lowest BCUT2D eigenvalue weighted by Gasteiger charge is -2.10. The number of ether oxygens (including phenoxy) is 3. The Balaban J connectivity index is 1.56. The molecule has 24 heavy (non-hydrogen) atoms. The average molecular weight is 392 g/mol. The summed E-state index contributed by atoms with van der Waals surface area (Å²) >= 11 is 3.48. The summed E-state index contributed by atoms with van der Waals surface area (Å²) < 4.78 is 17.0. The van der Waals surface area contributed by atoms with Gasteiger partial charge in [-0.05, 0) is 52.2 Å². The van der Waals surface area contributed by atoms with Crippen molar-refractivity contribution >= 4 is 27.5 Å². The van der Waals surface area contributed by atoms with Gasteiger partial charge in [0.15, 0.2) is 18.1 Å². The van der Waals surface area contributed by atoms with Crippen LogP contribution in [0.1, 0.15) is 18.9 Å². The molecule has 126 valence electrons. The second-order valence-electron chi connectivity index (χ2n) is 5.42. The highest BCUT2D eigenvalue weighted by atomic mass is 79.9. The summed E-state index contributed by atoms with van der Waals surface area (Å²) in [5.74, 6) is 1.72. The summed E-state index contributed by atoms with van der Waals surface area (Å²) in [4.78, 5) is 12.0.